The highest BCUT2D eigenvalue weighted by atomic mass is 16.7. The molecule has 5 heteroatoms. The van der Waals surface area contributed by atoms with E-state index in [2.05, 4.69) is 11.2 Å². The summed E-state index contributed by atoms with van der Waals surface area (Å²) in [6, 6.07) is 12.4. The first kappa shape index (κ1) is 14.6. The van der Waals surface area contributed by atoms with Gasteiger partial charge in [0.15, 0.2) is 5.71 Å². The third-order valence-electron chi connectivity index (χ3n) is 4.82. The van der Waals surface area contributed by atoms with E-state index in [4.69, 9.17) is 9.57 Å². The van der Waals surface area contributed by atoms with Crippen LogP contribution in [0.4, 0.5) is 0 Å². The minimum Gasteiger partial charge on any atom is -0.464 e. The molecule has 1 heterocycles. The van der Waals surface area contributed by atoms with Crippen molar-refractivity contribution < 1.29 is 14.4 Å². The smallest absolute Gasteiger partial charge is 0.355 e. The number of hydrogen-bond acceptors (Lipinski definition) is 5. The molecule has 1 aromatic carbocycles. The van der Waals surface area contributed by atoms with Gasteiger partial charge >= 0.3 is 5.97 Å². The second-order valence-corrected chi connectivity index (χ2v) is 6.04. The van der Waals surface area contributed by atoms with Crippen molar-refractivity contribution in [2.45, 2.75) is 43.1 Å². The minimum atomic E-state index is -0.468. The Morgan fingerprint density at radius 2 is 1.95 bits per heavy atom. The van der Waals surface area contributed by atoms with E-state index in [0.717, 1.165) is 5.56 Å². The van der Waals surface area contributed by atoms with E-state index in [0.29, 0.717) is 37.8 Å². The summed E-state index contributed by atoms with van der Waals surface area (Å²) in [7, 11) is 1.34. The van der Waals surface area contributed by atoms with Crippen LogP contribution in [0.25, 0.3) is 0 Å². The third-order valence-corrected chi connectivity index (χ3v) is 4.82. The number of nitriles is 1. The Morgan fingerprint density at radius 1 is 1.27 bits per heavy atom. The Labute approximate surface area is 129 Å². The second kappa shape index (κ2) is 5.45. The number of ether oxygens (including phenoxy) is 1. The van der Waals surface area contributed by atoms with Crippen LogP contribution in [0.2, 0.25) is 0 Å². The fraction of sp³-hybridized carbons (Fsp3) is 0.471. The first-order chi connectivity index (χ1) is 10.6. The van der Waals surface area contributed by atoms with Crippen molar-refractivity contribution in [3.05, 3.63) is 35.9 Å². The van der Waals surface area contributed by atoms with Crippen molar-refractivity contribution in [2.24, 2.45) is 5.16 Å². The molecule has 1 aliphatic heterocycles. The number of rotatable bonds is 2. The molecule has 22 heavy (non-hydrogen) atoms. The molecule has 0 N–H and O–H groups in total. The molecular formula is C17H18N2O3. The van der Waals surface area contributed by atoms with E-state index in [-0.39, 0.29) is 0 Å². The van der Waals surface area contributed by atoms with Crippen molar-refractivity contribution in [3.63, 3.8) is 0 Å². The first-order valence-electron chi connectivity index (χ1n) is 7.43. The average Bonchev–Trinajstić information content (AvgIpc) is 3.00. The van der Waals surface area contributed by atoms with E-state index in [1.165, 1.54) is 7.11 Å². The number of carbonyl (C=O) groups excluding carboxylic acids is 1. The van der Waals surface area contributed by atoms with Gasteiger partial charge in [-0.1, -0.05) is 35.5 Å². The average molecular weight is 298 g/mol. The third kappa shape index (κ3) is 2.35. The Bertz CT molecular complexity index is 638. The van der Waals surface area contributed by atoms with Crippen molar-refractivity contribution in [1.82, 2.24) is 0 Å². The summed E-state index contributed by atoms with van der Waals surface area (Å²) in [5.74, 6) is -0.433. The number of carbonyl (C=O) groups is 1. The van der Waals surface area contributed by atoms with Crippen LogP contribution in [0.5, 0.6) is 0 Å². The van der Waals surface area contributed by atoms with Crippen LogP contribution in [-0.4, -0.2) is 24.4 Å². The van der Waals surface area contributed by atoms with Gasteiger partial charge < -0.3 is 9.57 Å². The van der Waals surface area contributed by atoms with Gasteiger partial charge in [-0.3, -0.25) is 0 Å². The Morgan fingerprint density at radius 3 is 2.55 bits per heavy atom. The van der Waals surface area contributed by atoms with Crippen LogP contribution in [0.3, 0.4) is 0 Å². The van der Waals surface area contributed by atoms with Gasteiger partial charge in [0.2, 0.25) is 0 Å². The summed E-state index contributed by atoms with van der Waals surface area (Å²) in [5.41, 5.74) is 0.480. The Balaban J connectivity index is 1.73. The van der Waals surface area contributed by atoms with Crippen molar-refractivity contribution >= 4 is 11.7 Å². The van der Waals surface area contributed by atoms with Gasteiger partial charge in [-0.25, -0.2) is 4.79 Å². The van der Waals surface area contributed by atoms with E-state index in [9.17, 15) is 10.1 Å². The fourth-order valence-corrected chi connectivity index (χ4v) is 3.37. The van der Waals surface area contributed by atoms with Gasteiger partial charge in [-0.15, -0.1) is 0 Å². The maximum atomic E-state index is 11.6. The first-order valence-corrected chi connectivity index (χ1v) is 7.43. The molecule has 3 rings (SSSR count). The van der Waals surface area contributed by atoms with Gasteiger partial charge in [-0.2, -0.15) is 5.26 Å². The SMILES string of the molecule is COC(=O)C1=NOC2(CCC(C#N)(c3ccccc3)CC2)C1. The predicted molar refractivity (Wildman–Crippen MR) is 80.1 cm³/mol. The van der Waals surface area contributed by atoms with Crippen molar-refractivity contribution in [1.29, 1.82) is 5.26 Å². The second-order valence-electron chi connectivity index (χ2n) is 6.04. The summed E-state index contributed by atoms with van der Waals surface area (Å²) in [6.45, 7) is 0. The summed E-state index contributed by atoms with van der Waals surface area (Å²) >= 11 is 0. The molecule has 1 fully saturated rings. The van der Waals surface area contributed by atoms with Crippen molar-refractivity contribution in [3.8, 4) is 6.07 Å². The molecule has 0 atom stereocenters. The number of oxime groups is 1. The van der Waals surface area contributed by atoms with Crippen LogP contribution in [0.15, 0.2) is 35.5 Å². The molecule has 1 saturated carbocycles. The maximum absolute atomic E-state index is 11.6. The van der Waals surface area contributed by atoms with Gasteiger partial charge in [-0.05, 0) is 31.2 Å². The maximum Gasteiger partial charge on any atom is 0.355 e. The Kier molecular flexibility index (Phi) is 3.61. The van der Waals surface area contributed by atoms with Crippen LogP contribution in [-0.2, 0) is 19.8 Å². The number of nitrogens with zero attached hydrogens (tertiary/aromatic N) is 2. The summed E-state index contributed by atoms with van der Waals surface area (Å²) in [4.78, 5) is 17.1. The largest absolute Gasteiger partial charge is 0.464 e. The molecule has 1 aliphatic carbocycles. The molecule has 0 saturated heterocycles. The van der Waals surface area contributed by atoms with E-state index in [1.54, 1.807) is 0 Å². The zero-order valence-corrected chi connectivity index (χ0v) is 12.5. The van der Waals surface area contributed by atoms with Crippen LogP contribution < -0.4 is 0 Å². The van der Waals surface area contributed by atoms with Crippen LogP contribution in [0, 0.1) is 11.3 Å². The van der Waals surface area contributed by atoms with Gasteiger partial charge in [0, 0.05) is 6.42 Å². The zero-order valence-electron chi connectivity index (χ0n) is 12.5. The molecule has 2 aliphatic rings. The van der Waals surface area contributed by atoms with Gasteiger partial charge in [0.05, 0.1) is 18.6 Å². The fourth-order valence-electron chi connectivity index (χ4n) is 3.37. The number of esters is 1. The molecule has 0 amide bonds. The highest BCUT2D eigenvalue weighted by Gasteiger charge is 2.49. The van der Waals surface area contributed by atoms with Crippen molar-refractivity contribution in [2.75, 3.05) is 7.11 Å². The topological polar surface area (TPSA) is 71.7 Å². The summed E-state index contributed by atoms with van der Waals surface area (Å²) in [5, 5.41) is 13.6. The molecule has 0 radical (unpaired) electrons. The lowest BCUT2D eigenvalue weighted by Gasteiger charge is -2.39. The molecule has 0 bridgehead atoms. The summed E-state index contributed by atoms with van der Waals surface area (Å²) in [6.07, 6.45) is 3.30. The predicted octanol–water partition coefficient (Wildman–Crippen LogP) is 2.71. The lowest BCUT2D eigenvalue weighted by atomic mass is 9.65. The highest BCUT2D eigenvalue weighted by Crippen LogP contribution is 2.47. The number of methoxy groups -OCH3 is 1. The van der Waals surface area contributed by atoms with E-state index < -0.39 is 17.0 Å². The molecule has 1 spiro atoms. The zero-order chi connectivity index (χ0) is 15.6. The molecule has 0 aromatic heterocycles. The van der Waals surface area contributed by atoms with Gasteiger partial charge in [0.25, 0.3) is 0 Å². The monoisotopic (exact) mass is 298 g/mol. The lowest BCUT2D eigenvalue weighted by Crippen LogP contribution is -2.41. The molecule has 1 aromatic rings. The number of hydrogen-bond donors (Lipinski definition) is 0. The van der Waals surface area contributed by atoms with Gasteiger partial charge in [0.1, 0.15) is 5.60 Å². The van der Waals surface area contributed by atoms with Crippen LogP contribution in [0.1, 0.15) is 37.7 Å². The molecule has 5 nitrogen and oxygen atoms in total. The highest BCUT2D eigenvalue weighted by molar-refractivity contribution is 6.36. The summed E-state index contributed by atoms with van der Waals surface area (Å²) < 4.78 is 4.70. The minimum absolute atomic E-state index is 0.340. The number of benzene rings is 1. The molecular weight excluding hydrogens is 280 g/mol. The van der Waals surface area contributed by atoms with Crippen LogP contribution >= 0.6 is 0 Å². The normalized spacial score (nSPS) is 30.3. The Hall–Kier alpha value is -2.35. The lowest BCUT2D eigenvalue weighted by molar-refractivity contribution is -0.132. The molecule has 114 valence electrons. The van der Waals surface area contributed by atoms with E-state index in [1.807, 2.05) is 30.3 Å². The molecule has 0 unspecified atom stereocenters. The quantitative estimate of drug-likeness (QED) is 0.787. The standard InChI is InChI=1S/C17H18N2O3/c1-21-15(20)14-11-17(22-19-14)9-7-16(12-18,8-10-17)13-5-3-2-4-6-13/h2-6H,7-11H2,1H3. The van der Waals surface area contributed by atoms with E-state index >= 15 is 0 Å².